The molecule has 0 bridgehead atoms. The van der Waals surface area contributed by atoms with Gasteiger partial charge in [-0.05, 0) is 80.7 Å². The lowest BCUT2D eigenvalue weighted by molar-refractivity contribution is -0.139. The Morgan fingerprint density at radius 1 is 0.933 bits per heavy atom. The number of methoxy groups -OCH3 is 1. The zero-order valence-electron chi connectivity index (χ0n) is 25.5. The fourth-order valence-electron chi connectivity index (χ4n) is 4.70. The number of nitrogens with zero attached hydrogens (tertiary/aromatic N) is 1. The predicted molar refractivity (Wildman–Crippen MR) is 161 cm³/mol. The fourth-order valence-corrected chi connectivity index (χ4v) is 4.70. The van der Waals surface area contributed by atoms with Gasteiger partial charge in [-0.25, -0.2) is 0 Å². The van der Waals surface area contributed by atoms with Crippen LogP contribution in [0.1, 0.15) is 54.7 Å². The second-order valence-corrected chi connectivity index (χ2v) is 11.7. The van der Waals surface area contributed by atoms with E-state index in [1.165, 1.54) is 48.4 Å². The largest absolute Gasteiger partial charge is 0.497 e. The van der Waals surface area contributed by atoms with Crippen molar-refractivity contribution in [3.63, 3.8) is 0 Å². The molecule has 1 aliphatic rings. The van der Waals surface area contributed by atoms with Gasteiger partial charge in [-0.2, -0.15) is 13.2 Å². The summed E-state index contributed by atoms with van der Waals surface area (Å²) in [6.45, 7) is 7.26. The van der Waals surface area contributed by atoms with Crippen LogP contribution in [0.3, 0.4) is 0 Å². The zero-order valence-corrected chi connectivity index (χ0v) is 25.5. The van der Waals surface area contributed by atoms with Gasteiger partial charge in [-0.15, -0.1) is 0 Å². The SMILES string of the molecule is COc1ccc(CC(=O)Nc2ccc(C(=O)N(CC(=O)O)Cc3ccc(B4OC(C)(C)C(C)(C)O4)cc3)cc2)c(C(F)(F)F)c1. The van der Waals surface area contributed by atoms with E-state index in [-0.39, 0.29) is 29.1 Å². The molecular formula is C32H34BF3N2O7. The van der Waals surface area contributed by atoms with Crippen molar-refractivity contribution in [2.75, 3.05) is 19.0 Å². The van der Waals surface area contributed by atoms with E-state index in [0.717, 1.165) is 11.5 Å². The third-order valence-corrected chi connectivity index (χ3v) is 7.88. The van der Waals surface area contributed by atoms with Crippen LogP contribution in [0.2, 0.25) is 0 Å². The maximum atomic E-state index is 13.5. The third kappa shape index (κ3) is 8.03. The Bertz CT molecular complexity index is 1540. The number of anilines is 1. The molecule has 0 spiro atoms. The predicted octanol–water partition coefficient (Wildman–Crippen LogP) is 4.92. The quantitative estimate of drug-likeness (QED) is 0.307. The van der Waals surface area contributed by atoms with E-state index < -0.39 is 60.8 Å². The molecule has 9 nitrogen and oxygen atoms in total. The van der Waals surface area contributed by atoms with Crippen molar-refractivity contribution in [3.05, 3.63) is 89.0 Å². The van der Waals surface area contributed by atoms with Gasteiger partial charge >= 0.3 is 19.3 Å². The van der Waals surface area contributed by atoms with Crippen LogP contribution in [0.25, 0.3) is 0 Å². The Morgan fingerprint density at radius 2 is 1.53 bits per heavy atom. The van der Waals surface area contributed by atoms with Gasteiger partial charge < -0.3 is 29.4 Å². The first-order chi connectivity index (χ1) is 21.0. The summed E-state index contributed by atoms with van der Waals surface area (Å²) in [5.41, 5.74) is -0.322. The van der Waals surface area contributed by atoms with E-state index in [4.69, 9.17) is 14.0 Å². The standard InChI is InChI=1S/C32H34BF3N2O7/c1-30(2)31(3,4)45-33(44-30)23-11-6-20(7-12-23)18-38(19-28(40)41)29(42)21-8-13-24(14-9-21)37-27(39)16-22-10-15-25(43-5)17-26(22)32(34,35)36/h6-15,17H,16,18-19H2,1-5H3,(H,37,39)(H,40,41). The van der Waals surface area contributed by atoms with E-state index in [9.17, 15) is 32.7 Å². The molecule has 2 amide bonds. The molecule has 1 saturated heterocycles. The number of hydrogen-bond donors (Lipinski definition) is 2. The number of carbonyl (C=O) groups excluding carboxylic acids is 2. The Labute approximate surface area is 259 Å². The molecule has 0 saturated carbocycles. The Kier molecular flexibility index (Phi) is 9.64. The average molecular weight is 626 g/mol. The molecule has 0 aromatic heterocycles. The molecule has 4 rings (SSSR count). The maximum Gasteiger partial charge on any atom is 0.494 e. The number of rotatable bonds is 10. The summed E-state index contributed by atoms with van der Waals surface area (Å²) < 4.78 is 57.5. The maximum absolute atomic E-state index is 13.5. The normalized spacial score (nSPS) is 15.4. The van der Waals surface area contributed by atoms with Crippen molar-refractivity contribution < 1.29 is 46.7 Å². The highest BCUT2D eigenvalue weighted by Crippen LogP contribution is 2.37. The number of amides is 2. The van der Waals surface area contributed by atoms with Crippen molar-refractivity contribution in [3.8, 4) is 5.75 Å². The van der Waals surface area contributed by atoms with Crippen LogP contribution in [0.4, 0.5) is 18.9 Å². The smallest absolute Gasteiger partial charge is 0.494 e. The van der Waals surface area contributed by atoms with E-state index in [2.05, 4.69) is 5.32 Å². The molecule has 1 aliphatic heterocycles. The summed E-state index contributed by atoms with van der Waals surface area (Å²) in [5, 5.41) is 12.0. The van der Waals surface area contributed by atoms with Crippen LogP contribution in [0, 0.1) is 0 Å². The van der Waals surface area contributed by atoms with Gasteiger partial charge in [0.05, 0.1) is 30.3 Å². The number of hydrogen-bond acceptors (Lipinski definition) is 6. The highest BCUT2D eigenvalue weighted by atomic mass is 19.4. The van der Waals surface area contributed by atoms with Crippen molar-refractivity contribution >= 4 is 36.1 Å². The van der Waals surface area contributed by atoms with Crippen molar-refractivity contribution in [2.24, 2.45) is 0 Å². The lowest BCUT2D eigenvalue weighted by Crippen LogP contribution is -2.41. The van der Waals surface area contributed by atoms with Crippen LogP contribution in [-0.4, -0.2) is 59.8 Å². The molecule has 13 heteroatoms. The minimum atomic E-state index is -4.68. The summed E-state index contributed by atoms with van der Waals surface area (Å²) >= 11 is 0. The minimum absolute atomic E-state index is 0.0106. The Morgan fingerprint density at radius 3 is 2.07 bits per heavy atom. The van der Waals surface area contributed by atoms with E-state index in [1.54, 1.807) is 12.1 Å². The van der Waals surface area contributed by atoms with E-state index >= 15 is 0 Å². The van der Waals surface area contributed by atoms with Gasteiger partial charge in [-0.3, -0.25) is 14.4 Å². The number of halogens is 3. The Balaban J connectivity index is 1.42. The second-order valence-electron chi connectivity index (χ2n) is 11.7. The molecule has 3 aromatic carbocycles. The molecule has 2 N–H and O–H groups in total. The fraction of sp³-hybridized carbons (Fsp3) is 0.344. The van der Waals surface area contributed by atoms with Crippen molar-refractivity contribution in [2.45, 2.75) is 58.0 Å². The first-order valence-electron chi connectivity index (χ1n) is 14.1. The molecule has 0 radical (unpaired) electrons. The van der Waals surface area contributed by atoms with Gasteiger partial charge in [0.2, 0.25) is 5.91 Å². The first kappa shape index (κ1) is 33.5. The molecular weight excluding hydrogens is 592 g/mol. The molecule has 1 fully saturated rings. The minimum Gasteiger partial charge on any atom is -0.497 e. The molecule has 238 valence electrons. The molecule has 45 heavy (non-hydrogen) atoms. The van der Waals surface area contributed by atoms with Gasteiger partial charge in [0.15, 0.2) is 0 Å². The van der Waals surface area contributed by atoms with Gasteiger partial charge in [0.25, 0.3) is 5.91 Å². The number of ether oxygens (including phenoxy) is 1. The van der Waals surface area contributed by atoms with Crippen LogP contribution < -0.4 is 15.5 Å². The van der Waals surface area contributed by atoms with Crippen LogP contribution in [0.5, 0.6) is 5.75 Å². The highest BCUT2D eigenvalue weighted by Gasteiger charge is 2.51. The van der Waals surface area contributed by atoms with Gasteiger partial charge in [-0.1, -0.05) is 30.3 Å². The van der Waals surface area contributed by atoms with Gasteiger partial charge in [0, 0.05) is 17.8 Å². The number of nitrogens with one attached hydrogen (secondary N) is 1. The number of aliphatic carboxylic acids is 1. The summed E-state index contributed by atoms with van der Waals surface area (Å²) in [6, 6.07) is 16.2. The zero-order chi connectivity index (χ0) is 33.2. The van der Waals surface area contributed by atoms with Gasteiger partial charge in [0.1, 0.15) is 12.3 Å². The van der Waals surface area contributed by atoms with Crippen LogP contribution in [-0.2, 0) is 38.0 Å². The molecule has 0 aliphatic carbocycles. The Hall–Kier alpha value is -4.36. The number of carboxylic acids is 1. The summed E-state index contributed by atoms with van der Waals surface area (Å²) in [5.74, 6) is -2.43. The number of carboxylic acid groups (broad SMARTS) is 1. The number of benzene rings is 3. The van der Waals surface area contributed by atoms with E-state index in [0.29, 0.717) is 5.56 Å². The average Bonchev–Trinajstić information content (AvgIpc) is 3.18. The first-order valence-corrected chi connectivity index (χ1v) is 14.1. The van der Waals surface area contributed by atoms with Crippen LogP contribution in [0.15, 0.2) is 66.7 Å². The van der Waals surface area contributed by atoms with Crippen molar-refractivity contribution in [1.82, 2.24) is 4.90 Å². The topological polar surface area (TPSA) is 114 Å². The highest BCUT2D eigenvalue weighted by molar-refractivity contribution is 6.62. The second kappa shape index (κ2) is 12.9. The lowest BCUT2D eigenvalue weighted by atomic mass is 9.79. The van der Waals surface area contributed by atoms with Crippen LogP contribution >= 0.6 is 0 Å². The van der Waals surface area contributed by atoms with E-state index in [1.807, 2.05) is 39.8 Å². The lowest BCUT2D eigenvalue weighted by Gasteiger charge is -2.32. The number of carbonyl (C=O) groups is 3. The number of alkyl halides is 3. The molecule has 0 atom stereocenters. The van der Waals surface area contributed by atoms with Crippen molar-refractivity contribution in [1.29, 1.82) is 0 Å². The third-order valence-electron chi connectivity index (χ3n) is 7.88. The molecule has 1 heterocycles. The summed E-state index contributed by atoms with van der Waals surface area (Å²) in [6.07, 6.45) is -5.22. The monoisotopic (exact) mass is 626 g/mol. The molecule has 0 unspecified atom stereocenters. The molecule has 3 aromatic rings. The summed E-state index contributed by atoms with van der Waals surface area (Å²) in [4.78, 5) is 38.6. The summed E-state index contributed by atoms with van der Waals surface area (Å²) in [7, 11) is 0.681.